The molecule has 1 amide bonds. The number of carbonyl (C=O) groups excluding carboxylic acids is 1. The molecule has 1 aromatic heterocycles. The summed E-state index contributed by atoms with van der Waals surface area (Å²) < 4.78 is 11.2. The smallest absolute Gasteiger partial charge is 0.254 e. The second-order valence-electron chi connectivity index (χ2n) is 7.08. The molecule has 1 aromatic carbocycles. The van der Waals surface area contributed by atoms with Crippen LogP contribution in [0.3, 0.4) is 0 Å². The van der Waals surface area contributed by atoms with E-state index in [1.54, 1.807) is 19.4 Å². The molecule has 1 aliphatic heterocycles. The normalized spacial score (nSPS) is 16.4. The number of nitrogens with zero attached hydrogens (tertiary/aromatic N) is 2. The lowest BCUT2D eigenvalue weighted by molar-refractivity contribution is 0.0633. The maximum absolute atomic E-state index is 13.2. The van der Waals surface area contributed by atoms with E-state index in [-0.39, 0.29) is 24.4 Å². The van der Waals surface area contributed by atoms with Crippen molar-refractivity contribution >= 4 is 18.3 Å². The number of pyridine rings is 1. The quantitative estimate of drug-likeness (QED) is 0.798. The van der Waals surface area contributed by atoms with Gasteiger partial charge >= 0.3 is 0 Å². The third kappa shape index (κ3) is 5.14. The van der Waals surface area contributed by atoms with Gasteiger partial charge in [-0.2, -0.15) is 0 Å². The van der Waals surface area contributed by atoms with Gasteiger partial charge in [0, 0.05) is 37.6 Å². The van der Waals surface area contributed by atoms with Crippen molar-refractivity contribution in [3.8, 4) is 11.5 Å². The predicted octanol–water partition coefficient (Wildman–Crippen LogP) is 3.33. The van der Waals surface area contributed by atoms with Gasteiger partial charge < -0.3 is 19.7 Å². The number of benzene rings is 1. The fourth-order valence-corrected chi connectivity index (χ4v) is 3.16. The molecule has 3 rings (SSSR count). The molecule has 1 N–H and O–H groups in total. The van der Waals surface area contributed by atoms with Crippen molar-refractivity contribution in [1.29, 1.82) is 0 Å². The Bertz CT molecular complexity index is 771. The van der Waals surface area contributed by atoms with Crippen LogP contribution in [0, 0.1) is 5.92 Å². The molecule has 7 heteroatoms. The van der Waals surface area contributed by atoms with E-state index in [0.717, 1.165) is 12.1 Å². The van der Waals surface area contributed by atoms with E-state index >= 15 is 0 Å². The molecule has 152 valence electrons. The van der Waals surface area contributed by atoms with E-state index in [2.05, 4.69) is 24.1 Å². The van der Waals surface area contributed by atoms with Crippen LogP contribution in [0.25, 0.3) is 0 Å². The number of ether oxygens (including phenoxy) is 2. The Balaban J connectivity index is 0.00000280. The minimum absolute atomic E-state index is 0. The maximum Gasteiger partial charge on any atom is 0.254 e. The first-order chi connectivity index (χ1) is 13.1. The van der Waals surface area contributed by atoms with Crippen molar-refractivity contribution < 1.29 is 14.3 Å². The first kappa shape index (κ1) is 22.0. The van der Waals surface area contributed by atoms with Crippen molar-refractivity contribution in [2.75, 3.05) is 33.4 Å². The Morgan fingerprint density at radius 1 is 1.32 bits per heavy atom. The zero-order chi connectivity index (χ0) is 19.2. The van der Waals surface area contributed by atoms with Gasteiger partial charge in [-0.15, -0.1) is 12.4 Å². The summed E-state index contributed by atoms with van der Waals surface area (Å²) in [4.78, 5) is 19.3. The second-order valence-corrected chi connectivity index (χ2v) is 7.08. The highest BCUT2D eigenvalue weighted by Gasteiger charge is 2.29. The monoisotopic (exact) mass is 405 g/mol. The van der Waals surface area contributed by atoms with Crippen LogP contribution in [0.15, 0.2) is 42.7 Å². The molecule has 28 heavy (non-hydrogen) atoms. The molecule has 1 unspecified atom stereocenters. The van der Waals surface area contributed by atoms with Gasteiger partial charge in [-0.1, -0.05) is 19.9 Å². The van der Waals surface area contributed by atoms with E-state index in [0.29, 0.717) is 42.7 Å². The predicted molar refractivity (Wildman–Crippen MR) is 111 cm³/mol. The number of halogens is 1. The first-order valence-corrected chi connectivity index (χ1v) is 9.32. The summed E-state index contributed by atoms with van der Waals surface area (Å²) in [5.41, 5.74) is 1.63. The largest absolute Gasteiger partial charge is 0.493 e. The van der Waals surface area contributed by atoms with Crippen LogP contribution in [0.2, 0.25) is 0 Å². The van der Waals surface area contributed by atoms with Crippen LogP contribution < -0.4 is 14.8 Å². The average Bonchev–Trinajstić information content (AvgIpc) is 2.72. The van der Waals surface area contributed by atoms with Gasteiger partial charge in [-0.05, 0) is 35.7 Å². The third-order valence-electron chi connectivity index (χ3n) is 4.56. The SMILES string of the molecule is COc1cc(C(=O)N2CCNCC2c2cccnc2)ccc1OCC(C)C.Cl. The minimum atomic E-state index is -0.0391. The number of nitrogens with one attached hydrogen (secondary N) is 1. The first-order valence-electron chi connectivity index (χ1n) is 9.32. The highest BCUT2D eigenvalue weighted by atomic mass is 35.5. The maximum atomic E-state index is 13.2. The molecule has 0 spiro atoms. The molecular formula is C21H28ClN3O3. The van der Waals surface area contributed by atoms with Gasteiger partial charge in [0.25, 0.3) is 5.91 Å². The molecule has 1 fully saturated rings. The summed E-state index contributed by atoms with van der Waals surface area (Å²) in [5, 5.41) is 3.36. The van der Waals surface area contributed by atoms with Crippen molar-refractivity contribution in [2.24, 2.45) is 5.92 Å². The summed E-state index contributed by atoms with van der Waals surface area (Å²) in [7, 11) is 1.59. The fraction of sp³-hybridized carbons (Fsp3) is 0.429. The molecule has 2 heterocycles. The fourth-order valence-electron chi connectivity index (χ4n) is 3.16. The van der Waals surface area contributed by atoms with E-state index in [1.165, 1.54) is 0 Å². The molecule has 0 bridgehead atoms. The molecule has 0 aliphatic carbocycles. The van der Waals surface area contributed by atoms with Gasteiger partial charge in [0.1, 0.15) is 0 Å². The third-order valence-corrected chi connectivity index (χ3v) is 4.56. The van der Waals surface area contributed by atoms with Crippen LogP contribution in [0.4, 0.5) is 0 Å². The van der Waals surface area contributed by atoms with Crippen LogP contribution in [-0.4, -0.2) is 49.1 Å². The van der Waals surface area contributed by atoms with Crippen LogP contribution in [-0.2, 0) is 0 Å². The second kappa shape index (κ2) is 10.3. The number of carbonyl (C=O) groups is 1. The van der Waals surface area contributed by atoms with E-state index in [1.807, 2.05) is 35.4 Å². The van der Waals surface area contributed by atoms with Crippen LogP contribution in [0.1, 0.15) is 35.8 Å². The molecular weight excluding hydrogens is 378 g/mol. The number of aromatic nitrogens is 1. The van der Waals surface area contributed by atoms with Gasteiger partial charge in [-0.25, -0.2) is 0 Å². The number of amides is 1. The molecule has 0 saturated carbocycles. The van der Waals surface area contributed by atoms with Crippen LogP contribution >= 0.6 is 12.4 Å². The Labute approximate surface area is 172 Å². The lowest BCUT2D eigenvalue weighted by atomic mass is 10.0. The van der Waals surface area contributed by atoms with E-state index < -0.39 is 0 Å². The summed E-state index contributed by atoms with van der Waals surface area (Å²) in [6.45, 7) is 6.91. The molecule has 0 radical (unpaired) electrons. The lowest BCUT2D eigenvalue weighted by Gasteiger charge is -2.36. The molecule has 6 nitrogen and oxygen atoms in total. The topological polar surface area (TPSA) is 63.7 Å². The highest BCUT2D eigenvalue weighted by molar-refractivity contribution is 5.95. The summed E-state index contributed by atoms with van der Waals surface area (Å²) in [5.74, 6) is 1.64. The molecule has 1 atom stereocenters. The Hall–Kier alpha value is -2.31. The van der Waals surface area contributed by atoms with Gasteiger partial charge in [-0.3, -0.25) is 9.78 Å². The van der Waals surface area contributed by atoms with Crippen molar-refractivity contribution in [1.82, 2.24) is 15.2 Å². The van der Waals surface area contributed by atoms with Crippen LogP contribution in [0.5, 0.6) is 11.5 Å². The Morgan fingerprint density at radius 2 is 2.14 bits per heavy atom. The summed E-state index contributed by atoms with van der Waals surface area (Å²) in [6, 6.07) is 9.26. The number of methoxy groups -OCH3 is 1. The van der Waals surface area contributed by atoms with Crippen molar-refractivity contribution in [3.63, 3.8) is 0 Å². The number of rotatable bonds is 6. The highest BCUT2D eigenvalue weighted by Crippen LogP contribution is 2.30. The van der Waals surface area contributed by atoms with Crippen molar-refractivity contribution in [3.05, 3.63) is 53.9 Å². The van der Waals surface area contributed by atoms with Gasteiger partial charge in [0.2, 0.25) is 0 Å². The van der Waals surface area contributed by atoms with E-state index in [4.69, 9.17) is 9.47 Å². The zero-order valence-corrected chi connectivity index (χ0v) is 17.4. The Morgan fingerprint density at radius 3 is 2.82 bits per heavy atom. The van der Waals surface area contributed by atoms with Gasteiger partial charge in [0.15, 0.2) is 11.5 Å². The number of hydrogen-bond acceptors (Lipinski definition) is 5. The molecule has 1 saturated heterocycles. The Kier molecular flexibility index (Phi) is 8.08. The van der Waals surface area contributed by atoms with E-state index in [9.17, 15) is 4.79 Å². The summed E-state index contributed by atoms with van der Waals surface area (Å²) in [6.07, 6.45) is 3.56. The minimum Gasteiger partial charge on any atom is -0.493 e. The van der Waals surface area contributed by atoms with Gasteiger partial charge in [0.05, 0.1) is 19.8 Å². The van der Waals surface area contributed by atoms with Crippen molar-refractivity contribution in [2.45, 2.75) is 19.9 Å². The lowest BCUT2D eigenvalue weighted by Crippen LogP contribution is -2.48. The molecule has 1 aliphatic rings. The number of piperazine rings is 1. The summed E-state index contributed by atoms with van der Waals surface area (Å²) >= 11 is 0. The molecule has 2 aromatic rings. The average molecular weight is 406 g/mol. The standard InChI is InChI=1S/C21H27N3O3.ClH/c1-15(2)14-27-19-7-6-16(11-20(19)26-3)21(25)24-10-9-23-13-18(24)17-5-4-8-22-12-17;/h4-8,11-12,15,18,23H,9-10,13-14H2,1-3H3;1H. The zero-order valence-electron chi connectivity index (χ0n) is 16.6. The number of hydrogen-bond donors (Lipinski definition) is 1.